The van der Waals surface area contributed by atoms with Gasteiger partial charge in [-0.2, -0.15) is 0 Å². The van der Waals surface area contributed by atoms with Gasteiger partial charge in [0, 0.05) is 13.1 Å². The van der Waals surface area contributed by atoms with Crippen LogP contribution in [0.2, 0.25) is 0 Å². The van der Waals surface area contributed by atoms with E-state index >= 15 is 0 Å². The van der Waals surface area contributed by atoms with Gasteiger partial charge in [-0.1, -0.05) is 0 Å². The second kappa shape index (κ2) is 6.48. The van der Waals surface area contributed by atoms with E-state index in [1.165, 1.54) is 0 Å². The summed E-state index contributed by atoms with van der Waals surface area (Å²) in [5.41, 5.74) is 0. The van der Waals surface area contributed by atoms with Crippen LogP contribution < -0.4 is 5.32 Å². The maximum absolute atomic E-state index is 11.8. The fraction of sp³-hybridized carbons (Fsp3) is 0.818. The highest BCUT2D eigenvalue weighted by atomic mass is 16.5. The molecule has 1 saturated heterocycles. The summed E-state index contributed by atoms with van der Waals surface area (Å²) in [5.74, 6) is -0.245. The van der Waals surface area contributed by atoms with Crippen molar-refractivity contribution in [3.63, 3.8) is 0 Å². The summed E-state index contributed by atoms with van der Waals surface area (Å²) in [5, 5.41) is 2.88. The van der Waals surface area contributed by atoms with E-state index in [4.69, 9.17) is 4.74 Å². The molecule has 1 aliphatic heterocycles. The number of ether oxygens (including phenoxy) is 1. The molecule has 92 valence electrons. The van der Waals surface area contributed by atoms with Gasteiger partial charge in [0.2, 0.25) is 5.91 Å². The van der Waals surface area contributed by atoms with Crippen molar-refractivity contribution in [3.05, 3.63) is 0 Å². The average Bonchev–Trinajstić information content (AvgIpc) is 2.78. The number of hydrogen-bond donors (Lipinski definition) is 1. The summed E-state index contributed by atoms with van der Waals surface area (Å²) in [7, 11) is 0. The smallest absolute Gasteiger partial charge is 0.319 e. The minimum absolute atomic E-state index is 0.0711. The van der Waals surface area contributed by atoms with E-state index in [1.54, 1.807) is 13.8 Å². The number of rotatable bonds is 5. The van der Waals surface area contributed by atoms with Gasteiger partial charge >= 0.3 is 5.97 Å². The summed E-state index contributed by atoms with van der Waals surface area (Å²) in [4.78, 5) is 24.7. The fourth-order valence-electron chi connectivity index (χ4n) is 1.75. The molecule has 0 bridgehead atoms. The lowest BCUT2D eigenvalue weighted by atomic mass is 10.3. The lowest BCUT2D eigenvalue weighted by Crippen LogP contribution is -2.45. The molecule has 1 unspecified atom stereocenters. The highest BCUT2D eigenvalue weighted by Gasteiger charge is 2.23. The zero-order chi connectivity index (χ0) is 12.0. The van der Waals surface area contributed by atoms with E-state index < -0.39 is 0 Å². The van der Waals surface area contributed by atoms with Crippen molar-refractivity contribution in [2.75, 3.05) is 26.2 Å². The van der Waals surface area contributed by atoms with Crippen molar-refractivity contribution < 1.29 is 14.3 Å². The quantitative estimate of drug-likeness (QED) is 0.680. The van der Waals surface area contributed by atoms with Gasteiger partial charge in [-0.15, -0.1) is 0 Å². The van der Waals surface area contributed by atoms with Crippen molar-refractivity contribution in [2.45, 2.75) is 32.7 Å². The molecule has 5 nitrogen and oxygen atoms in total. The molecule has 5 heteroatoms. The second-order valence-corrected chi connectivity index (χ2v) is 3.94. The number of nitrogens with one attached hydrogen (secondary N) is 1. The molecule has 0 radical (unpaired) electrons. The Morgan fingerprint density at radius 1 is 1.38 bits per heavy atom. The number of amides is 1. The van der Waals surface area contributed by atoms with Crippen LogP contribution in [0.1, 0.15) is 26.7 Å². The number of hydrogen-bond acceptors (Lipinski definition) is 4. The lowest BCUT2D eigenvalue weighted by Gasteiger charge is -2.20. The Morgan fingerprint density at radius 3 is 2.56 bits per heavy atom. The van der Waals surface area contributed by atoms with E-state index in [2.05, 4.69) is 5.32 Å². The third kappa shape index (κ3) is 3.81. The Kier molecular flexibility index (Phi) is 5.25. The summed E-state index contributed by atoms with van der Waals surface area (Å²) >= 11 is 0. The van der Waals surface area contributed by atoms with Crippen molar-refractivity contribution >= 4 is 11.9 Å². The zero-order valence-electron chi connectivity index (χ0n) is 9.99. The largest absolute Gasteiger partial charge is 0.465 e. The van der Waals surface area contributed by atoms with Crippen LogP contribution >= 0.6 is 0 Å². The molecule has 1 heterocycles. The van der Waals surface area contributed by atoms with Crippen molar-refractivity contribution in [1.82, 2.24) is 10.2 Å². The highest BCUT2D eigenvalue weighted by molar-refractivity contribution is 5.82. The van der Waals surface area contributed by atoms with E-state index in [-0.39, 0.29) is 24.5 Å². The Morgan fingerprint density at radius 2 is 2.00 bits per heavy atom. The maximum Gasteiger partial charge on any atom is 0.319 e. The van der Waals surface area contributed by atoms with Gasteiger partial charge in [0.1, 0.15) is 0 Å². The van der Waals surface area contributed by atoms with Gasteiger partial charge < -0.3 is 9.64 Å². The summed E-state index contributed by atoms with van der Waals surface area (Å²) in [6, 6.07) is -0.317. The monoisotopic (exact) mass is 228 g/mol. The summed E-state index contributed by atoms with van der Waals surface area (Å²) < 4.78 is 4.77. The van der Waals surface area contributed by atoms with Crippen LogP contribution in [-0.2, 0) is 14.3 Å². The van der Waals surface area contributed by atoms with Crippen LogP contribution in [0.3, 0.4) is 0 Å². The van der Waals surface area contributed by atoms with Gasteiger partial charge in [-0.25, -0.2) is 0 Å². The van der Waals surface area contributed by atoms with Crippen LogP contribution in [0, 0.1) is 0 Å². The number of carbonyl (C=O) groups is 2. The number of likely N-dealkylation sites (tertiary alicyclic amines) is 1. The molecule has 0 aromatic carbocycles. The second-order valence-electron chi connectivity index (χ2n) is 3.94. The van der Waals surface area contributed by atoms with Crippen LogP contribution in [0.25, 0.3) is 0 Å². The van der Waals surface area contributed by atoms with Gasteiger partial charge in [0.15, 0.2) is 0 Å². The van der Waals surface area contributed by atoms with Gasteiger partial charge in [0.05, 0.1) is 19.2 Å². The van der Waals surface area contributed by atoms with E-state index in [9.17, 15) is 9.59 Å². The van der Waals surface area contributed by atoms with Crippen LogP contribution in [0.5, 0.6) is 0 Å². The first-order valence-corrected chi connectivity index (χ1v) is 5.83. The molecular formula is C11H20N2O3. The van der Waals surface area contributed by atoms with E-state index in [1.807, 2.05) is 4.90 Å². The predicted octanol–water partition coefficient (Wildman–Crippen LogP) is 0.150. The molecule has 0 aliphatic carbocycles. The Bertz CT molecular complexity index is 250. The van der Waals surface area contributed by atoms with Crippen LogP contribution in [0.15, 0.2) is 0 Å². The first-order valence-electron chi connectivity index (χ1n) is 5.83. The molecular weight excluding hydrogens is 208 g/mol. The number of nitrogens with zero attached hydrogens (tertiary/aromatic N) is 1. The van der Waals surface area contributed by atoms with Crippen LogP contribution in [-0.4, -0.2) is 49.1 Å². The Labute approximate surface area is 96.1 Å². The predicted molar refractivity (Wildman–Crippen MR) is 59.9 cm³/mol. The Hall–Kier alpha value is -1.10. The van der Waals surface area contributed by atoms with Crippen molar-refractivity contribution in [3.8, 4) is 0 Å². The fourth-order valence-corrected chi connectivity index (χ4v) is 1.75. The standard InChI is InChI=1S/C11H20N2O3/c1-3-16-10(14)8-12-9(2)11(15)13-6-4-5-7-13/h9,12H,3-8H2,1-2H3. The number of carbonyl (C=O) groups excluding carboxylic acids is 2. The molecule has 16 heavy (non-hydrogen) atoms. The van der Waals surface area contributed by atoms with Gasteiger partial charge in [0.25, 0.3) is 0 Å². The summed E-state index contributed by atoms with van der Waals surface area (Å²) in [6.07, 6.45) is 2.16. The van der Waals surface area contributed by atoms with Gasteiger partial charge in [-0.3, -0.25) is 14.9 Å². The first kappa shape index (κ1) is 13.0. The van der Waals surface area contributed by atoms with E-state index in [0.717, 1.165) is 25.9 Å². The van der Waals surface area contributed by atoms with E-state index in [0.29, 0.717) is 6.61 Å². The third-order valence-corrected chi connectivity index (χ3v) is 2.65. The molecule has 1 N–H and O–H groups in total. The molecule has 1 fully saturated rings. The SMILES string of the molecule is CCOC(=O)CNC(C)C(=O)N1CCCC1. The third-order valence-electron chi connectivity index (χ3n) is 2.65. The minimum atomic E-state index is -0.317. The molecule has 0 spiro atoms. The molecule has 1 amide bonds. The highest BCUT2D eigenvalue weighted by Crippen LogP contribution is 2.08. The normalized spacial score (nSPS) is 17.2. The average molecular weight is 228 g/mol. The summed E-state index contributed by atoms with van der Waals surface area (Å²) in [6.45, 7) is 5.68. The van der Waals surface area contributed by atoms with Crippen molar-refractivity contribution in [1.29, 1.82) is 0 Å². The molecule has 1 atom stereocenters. The molecule has 0 aromatic rings. The molecule has 1 rings (SSSR count). The van der Waals surface area contributed by atoms with Crippen molar-refractivity contribution in [2.24, 2.45) is 0 Å². The minimum Gasteiger partial charge on any atom is -0.465 e. The maximum atomic E-state index is 11.8. The molecule has 1 aliphatic rings. The number of esters is 1. The zero-order valence-corrected chi connectivity index (χ0v) is 9.99. The Balaban J connectivity index is 2.25. The molecule has 0 aromatic heterocycles. The van der Waals surface area contributed by atoms with Crippen LogP contribution in [0.4, 0.5) is 0 Å². The first-order chi connectivity index (χ1) is 7.65. The molecule has 0 saturated carbocycles. The topological polar surface area (TPSA) is 58.6 Å². The van der Waals surface area contributed by atoms with Gasteiger partial charge in [-0.05, 0) is 26.7 Å². The lowest BCUT2D eigenvalue weighted by molar-refractivity contribution is -0.142.